The van der Waals surface area contributed by atoms with Crippen LogP contribution in [0.3, 0.4) is 0 Å². The number of carbonyl (C=O) groups excluding carboxylic acids is 2. The highest BCUT2D eigenvalue weighted by Crippen LogP contribution is 2.21. The van der Waals surface area contributed by atoms with Crippen LogP contribution in [0.5, 0.6) is 0 Å². The summed E-state index contributed by atoms with van der Waals surface area (Å²) in [5.74, 6) is 0.601. The van der Waals surface area contributed by atoms with E-state index in [0.29, 0.717) is 19.3 Å². The monoisotopic (exact) mass is 543 g/mol. The SMILES string of the molecule is CC.CCOCCCC[C@H](CCC(=O)Cc1cc2ccccc2cn1)CC(C)=O.Cc1cccc(C)c1F.O.[HH]. The number of halogens is 1. The minimum atomic E-state index is -0.0856. The van der Waals surface area contributed by atoms with Crippen LogP contribution in [-0.4, -0.2) is 35.2 Å². The Balaban J connectivity index is 0. The van der Waals surface area contributed by atoms with Crippen molar-refractivity contribution < 1.29 is 25.6 Å². The standard InChI is InChI=1S/C23H31NO3.C8H9F.C2H6.H2O.H2/c1-3-27-13-7-6-8-19(14-18(2)25)11-12-23(26)16-22-15-20-9-4-5-10-21(20)17-24-22;1-6-4-3-5-7(2)8(6)9;1-2;;/h4-5,9-10,15,17,19H,3,6-8,11-14,16H2,1-2H3;3-5H,1-2H3;1-2H3;1H2;1H/t19-;;;;/m1..../s1. The smallest absolute Gasteiger partial charge is 0.138 e. The number of hydrogen-bond acceptors (Lipinski definition) is 4. The Hall–Kier alpha value is -2.96. The summed E-state index contributed by atoms with van der Waals surface area (Å²) in [5, 5.41) is 2.20. The highest BCUT2D eigenvalue weighted by atomic mass is 19.1. The summed E-state index contributed by atoms with van der Waals surface area (Å²) >= 11 is 0. The number of ether oxygens (including phenoxy) is 1. The number of fused-ring (bicyclic) bond motifs is 1. The Morgan fingerprint density at radius 3 is 2.21 bits per heavy atom. The third kappa shape index (κ3) is 14.7. The highest BCUT2D eigenvalue weighted by Gasteiger charge is 2.14. The van der Waals surface area contributed by atoms with Gasteiger partial charge in [-0.2, -0.15) is 0 Å². The number of rotatable bonds is 13. The van der Waals surface area contributed by atoms with Gasteiger partial charge in [0.1, 0.15) is 17.4 Å². The van der Waals surface area contributed by atoms with Gasteiger partial charge in [-0.1, -0.05) is 62.7 Å². The third-order valence-corrected chi connectivity index (χ3v) is 6.21. The van der Waals surface area contributed by atoms with Crippen LogP contribution >= 0.6 is 0 Å². The Bertz CT molecular complexity index is 1100. The van der Waals surface area contributed by atoms with Crippen LogP contribution in [0, 0.1) is 25.6 Å². The summed E-state index contributed by atoms with van der Waals surface area (Å²) in [5.41, 5.74) is 2.25. The van der Waals surface area contributed by atoms with Crippen LogP contribution in [0.1, 0.15) is 84.5 Å². The van der Waals surface area contributed by atoms with E-state index in [1.807, 2.05) is 63.4 Å². The molecule has 0 aliphatic heterocycles. The fourth-order valence-electron chi connectivity index (χ4n) is 4.21. The lowest BCUT2D eigenvalue weighted by molar-refractivity contribution is -0.120. The first-order chi connectivity index (χ1) is 18.3. The zero-order chi connectivity index (χ0) is 28.3. The lowest BCUT2D eigenvalue weighted by atomic mass is 9.90. The molecule has 0 amide bonds. The van der Waals surface area contributed by atoms with E-state index in [-0.39, 0.29) is 30.2 Å². The molecule has 0 fully saturated rings. The fourth-order valence-corrected chi connectivity index (χ4v) is 4.21. The zero-order valence-electron chi connectivity index (χ0n) is 24.7. The normalized spacial score (nSPS) is 10.8. The van der Waals surface area contributed by atoms with Crippen molar-refractivity contribution in [1.82, 2.24) is 4.98 Å². The zero-order valence-corrected chi connectivity index (χ0v) is 24.7. The molecule has 2 aromatic carbocycles. The maximum absolute atomic E-state index is 12.7. The maximum atomic E-state index is 12.7. The summed E-state index contributed by atoms with van der Waals surface area (Å²) in [6.07, 6.45) is 7.08. The van der Waals surface area contributed by atoms with Crippen LogP contribution in [-0.2, 0) is 20.7 Å². The van der Waals surface area contributed by atoms with Gasteiger partial charge < -0.3 is 15.0 Å². The predicted molar refractivity (Wildman–Crippen MR) is 162 cm³/mol. The number of hydrogen-bond donors (Lipinski definition) is 0. The molecule has 0 radical (unpaired) electrons. The van der Waals surface area contributed by atoms with Crippen LogP contribution in [0.4, 0.5) is 4.39 Å². The molecule has 218 valence electrons. The average molecular weight is 544 g/mol. The van der Waals surface area contributed by atoms with Gasteiger partial charge >= 0.3 is 0 Å². The molecule has 0 aliphatic carbocycles. The molecule has 3 rings (SSSR count). The highest BCUT2D eigenvalue weighted by molar-refractivity contribution is 5.84. The fraction of sp³-hybridized carbons (Fsp3) is 0.485. The molecule has 0 saturated carbocycles. The first-order valence-electron chi connectivity index (χ1n) is 13.9. The molecule has 6 heteroatoms. The van der Waals surface area contributed by atoms with Crippen LogP contribution in [0.15, 0.2) is 54.7 Å². The summed E-state index contributed by atoms with van der Waals surface area (Å²) in [6.45, 7) is 12.7. The van der Waals surface area contributed by atoms with Gasteiger partial charge in [-0.25, -0.2) is 4.39 Å². The number of aryl methyl sites for hydroxylation is 2. The molecular weight excluding hydrogens is 493 g/mol. The van der Waals surface area contributed by atoms with E-state index >= 15 is 0 Å². The van der Waals surface area contributed by atoms with Crippen molar-refractivity contribution in [3.63, 3.8) is 0 Å². The van der Waals surface area contributed by atoms with Crippen molar-refractivity contribution in [2.75, 3.05) is 13.2 Å². The Morgan fingerprint density at radius 1 is 0.974 bits per heavy atom. The Kier molecular flexibility index (Phi) is 19.3. The van der Waals surface area contributed by atoms with Crippen molar-refractivity contribution in [3.8, 4) is 0 Å². The number of ketones is 2. The molecular formula is C33H50FNO4. The van der Waals surface area contributed by atoms with E-state index < -0.39 is 0 Å². The van der Waals surface area contributed by atoms with Crippen molar-refractivity contribution in [2.45, 2.75) is 86.5 Å². The van der Waals surface area contributed by atoms with Gasteiger partial charge in [0.25, 0.3) is 0 Å². The molecule has 1 atom stereocenters. The second-order valence-electron chi connectivity index (χ2n) is 9.45. The number of pyridine rings is 1. The van der Waals surface area contributed by atoms with E-state index in [1.165, 1.54) is 0 Å². The summed E-state index contributed by atoms with van der Waals surface area (Å²) in [6, 6.07) is 15.4. The Morgan fingerprint density at radius 2 is 1.62 bits per heavy atom. The summed E-state index contributed by atoms with van der Waals surface area (Å²) in [7, 11) is 0. The predicted octanol–water partition coefficient (Wildman–Crippen LogP) is 7.82. The van der Waals surface area contributed by atoms with E-state index in [9.17, 15) is 14.0 Å². The lowest BCUT2D eigenvalue weighted by Gasteiger charge is -2.15. The first kappa shape index (κ1) is 36.0. The van der Waals surface area contributed by atoms with Crippen LogP contribution < -0.4 is 0 Å². The van der Waals surface area contributed by atoms with Gasteiger partial charge in [-0.15, -0.1) is 0 Å². The topological polar surface area (TPSA) is 87.8 Å². The van der Waals surface area contributed by atoms with E-state index in [2.05, 4.69) is 4.98 Å². The molecule has 0 spiro atoms. The molecule has 39 heavy (non-hydrogen) atoms. The number of unbranched alkanes of at least 4 members (excludes halogenated alkanes) is 1. The van der Waals surface area contributed by atoms with Gasteiger partial charge in [0, 0.05) is 51.2 Å². The molecule has 5 nitrogen and oxygen atoms in total. The minimum Gasteiger partial charge on any atom is -0.412 e. The van der Waals surface area contributed by atoms with Crippen LogP contribution in [0.2, 0.25) is 0 Å². The third-order valence-electron chi connectivity index (χ3n) is 6.21. The van der Waals surface area contributed by atoms with Crippen molar-refractivity contribution in [2.24, 2.45) is 5.92 Å². The minimum absolute atomic E-state index is 0. The first-order valence-corrected chi connectivity index (χ1v) is 13.9. The molecule has 1 aromatic heterocycles. The molecule has 2 N–H and O–H groups in total. The lowest BCUT2D eigenvalue weighted by Crippen LogP contribution is -2.11. The molecule has 0 bridgehead atoms. The molecule has 3 aromatic rings. The largest absolute Gasteiger partial charge is 0.412 e. The van der Waals surface area contributed by atoms with Gasteiger partial charge in [0.05, 0.1) is 0 Å². The van der Waals surface area contributed by atoms with Gasteiger partial charge in [-0.3, -0.25) is 9.78 Å². The average Bonchev–Trinajstić information content (AvgIpc) is 2.91. The van der Waals surface area contributed by atoms with Gasteiger partial charge in [-0.05, 0) is 75.5 Å². The molecule has 0 saturated heterocycles. The van der Waals surface area contributed by atoms with Gasteiger partial charge in [0.2, 0.25) is 0 Å². The Labute approximate surface area is 236 Å². The summed E-state index contributed by atoms with van der Waals surface area (Å²) in [4.78, 5) is 28.4. The van der Waals surface area contributed by atoms with E-state index in [0.717, 1.165) is 66.5 Å². The quantitative estimate of drug-likeness (QED) is 0.206. The number of nitrogens with zero attached hydrogens (tertiary/aromatic N) is 1. The van der Waals surface area contributed by atoms with Crippen LogP contribution in [0.25, 0.3) is 10.8 Å². The van der Waals surface area contributed by atoms with Crippen molar-refractivity contribution in [3.05, 3.63) is 77.4 Å². The van der Waals surface area contributed by atoms with Gasteiger partial charge in [0.15, 0.2) is 0 Å². The number of carbonyl (C=O) groups is 2. The summed E-state index contributed by atoms with van der Waals surface area (Å²) < 4.78 is 18.1. The van der Waals surface area contributed by atoms with Crippen molar-refractivity contribution >= 4 is 22.3 Å². The number of benzene rings is 2. The molecule has 0 unspecified atom stereocenters. The van der Waals surface area contributed by atoms with E-state index in [4.69, 9.17) is 4.74 Å². The molecule has 0 aliphatic rings. The second kappa shape index (κ2) is 20.9. The molecule has 1 heterocycles. The number of Topliss-reactive ketones (excluding diaryl/α,β-unsaturated/α-hetero) is 2. The van der Waals surface area contributed by atoms with Crippen molar-refractivity contribution in [1.29, 1.82) is 0 Å². The second-order valence-corrected chi connectivity index (χ2v) is 9.45. The van der Waals surface area contributed by atoms with E-state index in [1.54, 1.807) is 32.9 Å². The maximum Gasteiger partial charge on any atom is 0.138 e. The number of aromatic nitrogens is 1.